The smallest absolute Gasteiger partial charge is 0.122 e. The predicted octanol–water partition coefficient (Wildman–Crippen LogP) is 2.54. The van der Waals surface area contributed by atoms with Gasteiger partial charge in [-0.3, -0.25) is 4.90 Å². The van der Waals surface area contributed by atoms with Gasteiger partial charge >= 0.3 is 0 Å². The summed E-state index contributed by atoms with van der Waals surface area (Å²) in [5.74, 6) is 0.628. The molecule has 2 aliphatic rings. The summed E-state index contributed by atoms with van der Waals surface area (Å²) >= 11 is 0. The van der Waals surface area contributed by atoms with E-state index in [2.05, 4.69) is 23.7 Å². The van der Waals surface area contributed by atoms with E-state index in [0.717, 1.165) is 25.9 Å². The summed E-state index contributed by atoms with van der Waals surface area (Å²) in [6.45, 7) is 6.28. The monoisotopic (exact) mass is 201 g/mol. The van der Waals surface area contributed by atoms with E-state index in [9.17, 15) is 4.53 Å². The zero-order chi connectivity index (χ0) is 10.2. The van der Waals surface area contributed by atoms with Gasteiger partial charge in [0.2, 0.25) is 0 Å². The van der Waals surface area contributed by atoms with Crippen molar-refractivity contribution in [2.75, 3.05) is 13.1 Å². The molecule has 3 heteroatoms. The molecule has 0 spiro atoms. The Bertz CT molecular complexity index is 203. The molecule has 0 radical (unpaired) electrons. The maximum atomic E-state index is 12.5. The van der Waals surface area contributed by atoms with Gasteiger partial charge in [0.25, 0.3) is 0 Å². The Morgan fingerprint density at radius 2 is 2.14 bits per heavy atom. The van der Waals surface area contributed by atoms with E-state index in [1.165, 1.54) is 12.8 Å². The van der Waals surface area contributed by atoms with Crippen molar-refractivity contribution in [3.8, 4) is 0 Å². The second-order valence-electron chi connectivity index (χ2n) is 5.24. The normalized spacial score (nSPS) is 43.9. The van der Waals surface area contributed by atoms with Crippen molar-refractivity contribution < 1.29 is 9.47 Å². The Balaban J connectivity index is 1.89. The van der Waals surface area contributed by atoms with Gasteiger partial charge in [0, 0.05) is 12.6 Å². The van der Waals surface area contributed by atoms with Crippen LogP contribution in [-0.2, 0) is 4.94 Å². The van der Waals surface area contributed by atoms with Crippen LogP contribution in [0.3, 0.4) is 0 Å². The molecule has 82 valence electrons. The summed E-state index contributed by atoms with van der Waals surface area (Å²) in [6.07, 6.45) is 4.26. The van der Waals surface area contributed by atoms with Crippen molar-refractivity contribution in [2.24, 2.45) is 5.92 Å². The molecule has 0 aromatic rings. The fourth-order valence-electron chi connectivity index (χ4n) is 3.02. The lowest BCUT2D eigenvalue weighted by atomic mass is 9.71. The highest BCUT2D eigenvalue weighted by atomic mass is 19.3. The van der Waals surface area contributed by atoms with Crippen LogP contribution in [0.15, 0.2) is 0 Å². The van der Waals surface area contributed by atoms with Gasteiger partial charge < -0.3 is 0 Å². The molecule has 2 fully saturated rings. The van der Waals surface area contributed by atoms with Crippen LogP contribution in [0.5, 0.6) is 0 Å². The first kappa shape index (κ1) is 10.4. The minimum absolute atomic E-state index is 0.460. The Hall–Kier alpha value is -0.150. The van der Waals surface area contributed by atoms with Crippen LogP contribution in [0.2, 0.25) is 0 Å². The standard InChI is InChI=1S/C11H20FNO/c1-9-6-11(7-9,14-12)8-13-5-3-4-10(13)2/h9-10H,3-8H2,1-2H3. The Kier molecular flexibility index (Phi) is 2.80. The van der Waals surface area contributed by atoms with Gasteiger partial charge in [-0.05, 0) is 49.6 Å². The lowest BCUT2D eigenvalue weighted by Crippen LogP contribution is -2.52. The quantitative estimate of drug-likeness (QED) is 0.695. The van der Waals surface area contributed by atoms with E-state index in [-0.39, 0.29) is 0 Å². The van der Waals surface area contributed by atoms with Crippen molar-refractivity contribution in [3.05, 3.63) is 0 Å². The lowest BCUT2D eigenvalue weighted by molar-refractivity contribution is -0.281. The SMILES string of the molecule is CC1CC(CN2CCCC2C)(OF)C1. The molecule has 1 aliphatic heterocycles. The molecule has 1 saturated heterocycles. The zero-order valence-electron chi connectivity index (χ0n) is 9.13. The largest absolute Gasteiger partial charge is 0.298 e. The molecule has 1 unspecified atom stereocenters. The van der Waals surface area contributed by atoms with Gasteiger partial charge in [0.05, 0.1) is 0 Å². The molecule has 0 amide bonds. The summed E-state index contributed by atoms with van der Waals surface area (Å²) < 4.78 is 12.5. The summed E-state index contributed by atoms with van der Waals surface area (Å²) in [4.78, 5) is 6.58. The van der Waals surface area contributed by atoms with E-state index in [0.29, 0.717) is 12.0 Å². The number of likely N-dealkylation sites (tertiary alicyclic amines) is 1. The van der Waals surface area contributed by atoms with Crippen LogP contribution in [0, 0.1) is 5.92 Å². The first-order chi connectivity index (χ1) is 6.65. The minimum Gasteiger partial charge on any atom is -0.298 e. The third kappa shape index (κ3) is 1.80. The van der Waals surface area contributed by atoms with Gasteiger partial charge in [-0.2, -0.15) is 4.94 Å². The molecule has 1 atom stereocenters. The van der Waals surface area contributed by atoms with Crippen molar-refractivity contribution in [2.45, 2.75) is 51.2 Å². The summed E-state index contributed by atoms with van der Waals surface area (Å²) in [5, 5.41) is 0. The molecular formula is C11H20FNO. The Labute approximate surface area is 85.3 Å². The number of nitrogens with zero attached hydrogens (tertiary/aromatic N) is 1. The molecule has 2 nitrogen and oxygen atoms in total. The van der Waals surface area contributed by atoms with E-state index in [4.69, 9.17) is 0 Å². The molecule has 2 rings (SSSR count). The first-order valence-electron chi connectivity index (χ1n) is 5.69. The number of hydrogen-bond acceptors (Lipinski definition) is 2. The van der Waals surface area contributed by atoms with Gasteiger partial charge in [-0.15, -0.1) is 0 Å². The molecule has 0 aromatic carbocycles. The topological polar surface area (TPSA) is 12.5 Å². The third-order valence-electron chi connectivity index (χ3n) is 3.79. The van der Waals surface area contributed by atoms with Gasteiger partial charge in [0.15, 0.2) is 0 Å². The van der Waals surface area contributed by atoms with E-state index in [1.807, 2.05) is 0 Å². The second-order valence-corrected chi connectivity index (χ2v) is 5.24. The molecular weight excluding hydrogens is 181 g/mol. The summed E-state index contributed by atoms with van der Waals surface area (Å²) in [6, 6.07) is 0.609. The Morgan fingerprint density at radius 3 is 2.57 bits per heavy atom. The fourth-order valence-corrected chi connectivity index (χ4v) is 3.02. The highest BCUT2D eigenvalue weighted by molar-refractivity contribution is 4.97. The second kappa shape index (κ2) is 3.78. The molecule has 1 saturated carbocycles. The van der Waals surface area contributed by atoms with Crippen molar-refractivity contribution in [1.29, 1.82) is 0 Å². The number of hydrogen-bond donors (Lipinski definition) is 0. The van der Waals surface area contributed by atoms with Gasteiger partial charge in [-0.1, -0.05) is 6.92 Å². The van der Waals surface area contributed by atoms with Crippen LogP contribution < -0.4 is 0 Å². The van der Waals surface area contributed by atoms with Gasteiger partial charge in [-0.25, -0.2) is 0 Å². The van der Waals surface area contributed by atoms with E-state index < -0.39 is 5.60 Å². The average Bonchev–Trinajstić information content (AvgIpc) is 2.48. The third-order valence-corrected chi connectivity index (χ3v) is 3.79. The average molecular weight is 201 g/mol. The highest BCUT2D eigenvalue weighted by Gasteiger charge is 2.46. The van der Waals surface area contributed by atoms with Crippen molar-refractivity contribution in [3.63, 3.8) is 0 Å². The maximum Gasteiger partial charge on any atom is 0.122 e. The van der Waals surface area contributed by atoms with Crippen LogP contribution in [0.25, 0.3) is 0 Å². The number of rotatable bonds is 3. The predicted molar refractivity (Wildman–Crippen MR) is 53.6 cm³/mol. The zero-order valence-corrected chi connectivity index (χ0v) is 9.13. The minimum atomic E-state index is -0.460. The van der Waals surface area contributed by atoms with Crippen LogP contribution >= 0.6 is 0 Å². The molecule has 0 N–H and O–H groups in total. The molecule has 1 heterocycles. The maximum absolute atomic E-state index is 12.5. The van der Waals surface area contributed by atoms with Crippen LogP contribution in [0.1, 0.15) is 39.5 Å². The molecule has 0 aromatic heterocycles. The van der Waals surface area contributed by atoms with Crippen molar-refractivity contribution in [1.82, 2.24) is 4.90 Å². The van der Waals surface area contributed by atoms with E-state index >= 15 is 0 Å². The molecule has 1 aliphatic carbocycles. The first-order valence-corrected chi connectivity index (χ1v) is 5.69. The van der Waals surface area contributed by atoms with E-state index in [1.54, 1.807) is 0 Å². The summed E-state index contributed by atoms with van der Waals surface area (Å²) in [7, 11) is 0. The summed E-state index contributed by atoms with van der Waals surface area (Å²) in [5.41, 5.74) is -0.460. The molecule has 0 bridgehead atoms. The van der Waals surface area contributed by atoms with Crippen molar-refractivity contribution >= 4 is 0 Å². The Morgan fingerprint density at radius 1 is 1.43 bits per heavy atom. The number of halogens is 1. The van der Waals surface area contributed by atoms with Crippen LogP contribution in [-0.4, -0.2) is 29.6 Å². The van der Waals surface area contributed by atoms with Gasteiger partial charge in [0.1, 0.15) is 5.60 Å². The van der Waals surface area contributed by atoms with Crippen LogP contribution in [0.4, 0.5) is 4.53 Å². The fraction of sp³-hybridized carbons (Fsp3) is 1.00. The lowest BCUT2D eigenvalue weighted by Gasteiger charge is -2.45. The highest BCUT2D eigenvalue weighted by Crippen LogP contribution is 2.42. The molecule has 14 heavy (non-hydrogen) atoms.